The molecule has 1 aliphatic rings. The molecule has 15 heavy (non-hydrogen) atoms. The van der Waals surface area contributed by atoms with E-state index in [0.717, 1.165) is 24.8 Å². The third-order valence-corrected chi connectivity index (χ3v) is 2.84. The predicted molar refractivity (Wildman–Crippen MR) is 58.6 cm³/mol. The van der Waals surface area contributed by atoms with E-state index < -0.39 is 0 Å². The minimum Gasteiger partial charge on any atom is -0.459 e. The molecule has 0 atom stereocenters. The molecule has 0 bridgehead atoms. The van der Waals surface area contributed by atoms with E-state index in [9.17, 15) is 4.79 Å². The maximum atomic E-state index is 11.6. The number of ether oxygens (including phenoxy) is 1. The maximum Gasteiger partial charge on any atom is 0.338 e. The Bertz CT molecular complexity index is 383. The number of hydrogen-bond acceptors (Lipinski definition) is 3. The third-order valence-electron chi connectivity index (χ3n) is 2.84. The SMILES string of the molecule is Cc1ccc(C(=O)OC2CCC2)cc1N. The van der Waals surface area contributed by atoms with E-state index in [1.54, 1.807) is 12.1 Å². The molecule has 80 valence electrons. The summed E-state index contributed by atoms with van der Waals surface area (Å²) in [5.41, 5.74) is 7.89. The van der Waals surface area contributed by atoms with Crippen molar-refractivity contribution in [2.75, 3.05) is 5.73 Å². The number of nitrogen functional groups attached to an aromatic ring is 1. The van der Waals surface area contributed by atoms with Crippen molar-refractivity contribution in [3.63, 3.8) is 0 Å². The van der Waals surface area contributed by atoms with Gasteiger partial charge in [-0.3, -0.25) is 0 Å². The average molecular weight is 205 g/mol. The van der Waals surface area contributed by atoms with Crippen LogP contribution in [-0.2, 0) is 4.74 Å². The molecular weight excluding hydrogens is 190 g/mol. The van der Waals surface area contributed by atoms with Gasteiger partial charge in [0, 0.05) is 5.69 Å². The van der Waals surface area contributed by atoms with Crippen molar-refractivity contribution >= 4 is 11.7 Å². The molecule has 0 amide bonds. The first-order valence-electron chi connectivity index (χ1n) is 5.24. The zero-order valence-electron chi connectivity index (χ0n) is 8.82. The van der Waals surface area contributed by atoms with Crippen LogP contribution in [0.5, 0.6) is 0 Å². The second-order valence-corrected chi connectivity index (χ2v) is 4.03. The van der Waals surface area contributed by atoms with Crippen LogP contribution in [0, 0.1) is 6.92 Å². The largest absolute Gasteiger partial charge is 0.459 e. The molecule has 2 N–H and O–H groups in total. The van der Waals surface area contributed by atoms with E-state index in [0.29, 0.717) is 11.3 Å². The van der Waals surface area contributed by atoms with Gasteiger partial charge in [0.15, 0.2) is 0 Å². The Kier molecular flexibility index (Phi) is 2.62. The topological polar surface area (TPSA) is 52.3 Å². The summed E-state index contributed by atoms with van der Waals surface area (Å²) in [5.74, 6) is -0.258. The van der Waals surface area contributed by atoms with Crippen molar-refractivity contribution in [3.8, 4) is 0 Å². The van der Waals surface area contributed by atoms with Crippen LogP contribution in [0.25, 0.3) is 0 Å². The van der Waals surface area contributed by atoms with E-state index in [1.165, 1.54) is 0 Å². The first-order chi connectivity index (χ1) is 7.16. The van der Waals surface area contributed by atoms with Crippen molar-refractivity contribution in [2.24, 2.45) is 0 Å². The van der Waals surface area contributed by atoms with Crippen molar-refractivity contribution in [2.45, 2.75) is 32.3 Å². The summed E-state index contributed by atoms with van der Waals surface area (Å²) in [5, 5.41) is 0. The number of anilines is 1. The average Bonchev–Trinajstić information content (AvgIpc) is 2.15. The van der Waals surface area contributed by atoms with Crippen LogP contribution in [0.1, 0.15) is 35.2 Å². The summed E-state index contributed by atoms with van der Waals surface area (Å²) < 4.78 is 5.27. The van der Waals surface area contributed by atoms with Crippen LogP contribution >= 0.6 is 0 Å². The highest BCUT2D eigenvalue weighted by Crippen LogP contribution is 2.23. The van der Waals surface area contributed by atoms with Crippen LogP contribution < -0.4 is 5.73 Å². The number of carbonyl (C=O) groups is 1. The van der Waals surface area contributed by atoms with Crippen LogP contribution in [-0.4, -0.2) is 12.1 Å². The molecule has 1 aromatic carbocycles. The van der Waals surface area contributed by atoms with Crippen molar-refractivity contribution < 1.29 is 9.53 Å². The second kappa shape index (κ2) is 3.93. The second-order valence-electron chi connectivity index (χ2n) is 4.03. The number of rotatable bonds is 2. The summed E-state index contributed by atoms with van der Waals surface area (Å²) in [7, 11) is 0. The van der Waals surface area contributed by atoms with Crippen LogP contribution in [0.3, 0.4) is 0 Å². The summed E-state index contributed by atoms with van der Waals surface area (Å²) in [6, 6.07) is 5.27. The number of benzene rings is 1. The first-order valence-corrected chi connectivity index (χ1v) is 5.24. The van der Waals surface area contributed by atoms with E-state index >= 15 is 0 Å². The molecule has 0 unspecified atom stereocenters. The smallest absolute Gasteiger partial charge is 0.338 e. The fourth-order valence-corrected chi connectivity index (χ4v) is 1.48. The highest BCUT2D eigenvalue weighted by atomic mass is 16.5. The Hall–Kier alpha value is -1.51. The molecule has 1 aliphatic carbocycles. The molecule has 2 rings (SSSR count). The highest BCUT2D eigenvalue weighted by Gasteiger charge is 2.22. The highest BCUT2D eigenvalue weighted by molar-refractivity contribution is 5.90. The van der Waals surface area contributed by atoms with E-state index in [-0.39, 0.29) is 12.1 Å². The molecule has 0 spiro atoms. The number of aryl methyl sites for hydroxylation is 1. The number of nitrogens with two attached hydrogens (primary N) is 1. The summed E-state index contributed by atoms with van der Waals surface area (Å²) >= 11 is 0. The fraction of sp³-hybridized carbons (Fsp3) is 0.417. The Balaban J connectivity index is 2.07. The standard InChI is InChI=1S/C12H15NO2/c1-8-5-6-9(7-11(8)13)12(14)15-10-3-2-4-10/h5-7,10H,2-4,13H2,1H3. The lowest BCUT2D eigenvalue weighted by molar-refractivity contribution is 0.00901. The molecule has 0 aliphatic heterocycles. The quantitative estimate of drug-likeness (QED) is 0.595. The monoisotopic (exact) mass is 205 g/mol. The van der Waals surface area contributed by atoms with Crippen LogP contribution in [0.2, 0.25) is 0 Å². The van der Waals surface area contributed by atoms with Gasteiger partial charge in [-0.2, -0.15) is 0 Å². The van der Waals surface area contributed by atoms with E-state index in [4.69, 9.17) is 10.5 Å². The Morgan fingerprint density at radius 1 is 1.47 bits per heavy atom. The molecule has 1 fully saturated rings. The molecule has 0 aromatic heterocycles. The summed E-state index contributed by atoms with van der Waals surface area (Å²) in [6.45, 7) is 1.91. The van der Waals surface area contributed by atoms with Gasteiger partial charge in [-0.1, -0.05) is 6.07 Å². The minimum absolute atomic E-state index is 0.125. The molecule has 0 saturated heterocycles. The van der Waals surface area contributed by atoms with Gasteiger partial charge in [0.05, 0.1) is 5.56 Å². The van der Waals surface area contributed by atoms with Gasteiger partial charge in [0.2, 0.25) is 0 Å². The fourth-order valence-electron chi connectivity index (χ4n) is 1.48. The van der Waals surface area contributed by atoms with Crippen molar-refractivity contribution in [1.82, 2.24) is 0 Å². The number of hydrogen-bond donors (Lipinski definition) is 1. The Labute approximate surface area is 89.2 Å². The van der Waals surface area contributed by atoms with Gasteiger partial charge in [0.1, 0.15) is 6.10 Å². The molecule has 3 heteroatoms. The van der Waals surface area contributed by atoms with Crippen LogP contribution in [0.15, 0.2) is 18.2 Å². The maximum absolute atomic E-state index is 11.6. The van der Waals surface area contributed by atoms with Gasteiger partial charge in [-0.25, -0.2) is 4.79 Å². The molecule has 1 saturated carbocycles. The zero-order chi connectivity index (χ0) is 10.8. The van der Waals surface area contributed by atoms with Crippen molar-refractivity contribution in [1.29, 1.82) is 0 Å². The molecule has 3 nitrogen and oxygen atoms in total. The lowest BCUT2D eigenvalue weighted by atomic mass is 9.96. The van der Waals surface area contributed by atoms with Gasteiger partial charge in [-0.05, 0) is 43.9 Å². The van der Waals surface area contributed by atoms with Gasteiger partial charge >= 0.3 is 5.97 Å². The Morgan fingerprint density at radius 3 is 2.73 bits per heavy atom. The minimum atomic E-state index is -0.258. The van der Waals surface area contributed by atoms with E-state index in [1.807, 2.05) is 13.0 Å². The third kappa shape index (κ3) is 2.12. The van der Waals surface area contributed by atoms with Gasteiger partial charge in [0.25, 0.3) is 0 Å². The van der Waals surface area contributed by atoms with E-state index in [2.05, 4.69) is 0 Å². The number of esters is 1. The van der Waals surface area contributed by atoms with Gasteiger partial charge in [-0.15, -0.1) is 0 Å². The van der Waals surface area contributed by atoms with Crippen molar-refractivity contribution in [3.05, 3.63) is 29.3 Å². The first kappa shape index (κ1) is 10.0. The normalized spacial score (nSPS) is 15.8. The van der Waals surface area contributed by atoms with Crippen LogP contribution in [0.4, 0.5) is 5.69 Å². The van der Waals surface area contributed by atoms with Gasteiger partial charge < -0.3 is 10.5 Å². The molecule has 0 heterocycles. The predicted octanol–water partition coefficient (Wildman–Crippen LogP) is 2.29. The lowest BCUT2D eigenvalue weighted by Gasteiger charge is -2.25. The zero-order valence-corrected chi connectivity index (χ0v) is 8.82. The molecule has 0 radical (unpaired) electrons. The Morgan fingerprint density at radius 2 is 2.20 bits per heavy atom. The lowest BCUT2D eigenvalue weighted by Crippen LogP contribution is -2.25. The summed E-state index contributed by atoms with van der Waals surface area (Å²) in [4.78, 5) is 11.6. The number of carbonyl (C=O) groups excluding carboxylic acids is 1. The summed E-state index contributed by atoms with van der Waals surface area (Å²) in [6.07, 6.45) is 3.27. The molecular formula is C12H15NO2. The molecule has 1 aromatic rings.